The van der Waals surface area contributed by atoms with Gasteiger partial charge in [-0.3, -0.25) is 9.05 Å². The van der Waals surface area contributed by atoms with Crippen molar-refractivity contribution in [1.29, 1.82) is 0 Å². The number of hydrogen-bond acceptors (Lipinski definition) is 9. The molecule has 12 heteroatoms. The van der Waals surface area contributed by atoms with Gasteiger partial charge in [-0.05, 0) is 23.9 Å². The highest BCUT2D eigenvalue weighted by molar-refractivity contribution is 7.47. The lowest BCUT2D eigenvalue weighted by Gasteiger charge is -2.18. The lowest BCUT2D eigenvalue weighted by Crippen LogP contribution is -2.33. The van der Waals surface area contributed by atoms with Crippen molar-refractivity contribution in [1.82, 2.24) is 14.5 Å². The lowest BCUT2D eigenvalue weighted by molar-refractivity contribution is -0.0512. The summed E-state index contributed by atoms with van der Waals surface area (Å²) in [5.41, 5.74) is 1.31. The zero-order valence-electron chi connectivity index (χ0n) is 26.7. The molecule has 4 rings (SSSR count). The third kappa shape index (κ3) is 11.2. The summed E-state index contributed by atoms with van der Waals surface area (Å²) in [6, 6.07) is 5.75. The highest BCUT2D eigenvalue weighted by atomic mass is 32.1. The van der Waals surface area contributed by atoms with Crippen LogP contribution in [0.2, 0.25) is 0 Å². The van der Waals surface area contributed by atoms with E-state index in [9.17, 15) is 19.7 Å². The molecule has 4 heterocycles. The molecule has 3 N–H and O–H groups in total. The SMILES string of the molecule is CCCCCCCCCCCCCCCCCCOP(=O)(O)OC[C@H]1O[C@@H](n2ccc3c(-c4cccs4)ncnc32)[C@H](O)[C@@H]1O. The molecule has 1 aliphatic heterocycles. The number of phosphoric ester groups is 1. The van der Waals surface area contributed by atoms with Crippen LogP contribution in [0.1, 0.15) is 116 Å². The maximum Gasteiger partial charge on any atom is 0.472 e. The van der Waals surface area contributed by atoms with Gasteiger partial charge in [0, 0.05) is 11.6 Å². The maximum atomic E-state index is 12.4. The van der Waals surface area contributed by atoms with Crippen LogP contribution in [-0.2, 0) is 18.3 Å². The van der Waals surface area contributed by atoms with Crippen molar-refractivity contribution in [3.8, 4) is 10.6 Å². The van der Waals surface area contributed by atoms with Crippen LogP contribution in [-0.4, -0.2) is 61.2 Å². The molecule has 252 valence electrons. The van der Waals surface area contributed by atoms with Crippen molar-refractivity contribution in [2.45, 2.75) is 134 Å². The van der Waals surface area contributed by atoms with Crippen LogP contribution in [0.5, 0.6) is 0 Å². The Balaban J connectivity index is 1.07. The van der Waals surface area contributed by atoms with Gasteiger partial charge in [0.15, 0.2) is 6.23 Å². The van der Waals surface area contributed by atoms with Crippen molar-refractivity contribution >= 4 is 30.2 Å². The van der Waals surface area contributed by atoms with Gasteiger partial charge in [-0.25, -0.2) is 14.5 Å². The van der Waals surface area contributed by atoms with E-state index >= 15 is 0 Å². The zero-order chi connectivity index (χ0) is 31.9. The number of thiophene rings is 1. The molecule has 0 aromatic carbocycles. The molecule has 10 nitrogen and oxygen atoms in total. The summed E-state index contributed by atoms with van der Waals surface area (Å²) in [4.78, 5) is 19.9. The van der Waals surface area contributed by atoms with Gasteiger partial charge in [-0.15, -0.1) is 11.3 Å². The second kappa shape index (κ2) is 19.2. The summed E-state index contributed by atoms with van der Waals surface area (Å²) in [5.74, 6) is 0. The fourth-order valence-electron chi connectivity index (χ4n) is 5.92. The van der Waals surface area contributed by atoms with E-state index in [1.54, 1.807) is 22.1 Å². The van der Waals surface area contributed by atoms with Crippen LogP contribution in [0.15, 0.2) is 36.1 Å². The number of fused-ring (bicyclic) bond motifs is 1. The van der Waals surface area contributed by atoms with E-state index < -0.39 is 39.0 Å². The Labute approximate surface area is 271 Å². The van der Waals surface area contributed by atoms with E-state index in [4.69, 9.17) is 13.8 Å². The summed E-state index contributed by atoms with van der Waals surface area (Å²) in [7, 11) is -4.33. The number of phosphoric acid groups is 1. The molecule has 1 fully saturated rings. The average Bonchev–Trinajstić information content (AvgIpc) is 3.78. The summed E-state index contributed by atoms with van der Waals surface area (Å²) >= 11 is 1.56. The second-order valence-corrected chi connectivity index (χ2v) is 14.5. The van der Waals surface area contributed by atoms with Gasteiger partial charge >= 0.3 is 7.82 Å². The first-order valence-corrected chi connectivity index (χ1v) is 19.3. The Kier molecular flexibility index (Phi) is 15.4. The van der Waals surface area contributed by atoms with Crippen molar-refractivity contribution in [2.75, 3.05) is 13.2 Å². The largest absolute Gasteiger partial charge is 0.472 e. The standard InChI is InChI=1S/C33H52N3O7PS/c1-2-3-4-5-6-7-8-9-10-11-12-13-14-15-16-17-22-41-44(39,40)42-24-27-30(37)31(38)33(43-27)36-21-20-26-29(28-19-18-23-45-28)34-25-35-32(26)36/h18-21,23,25,27,30-31,33,37-38H,2-17,22,24H2,1H3,(H,39,40)/t27-,30-,31-,33-/m1/s1. The van der Waals surface area contributed by atoms with E-state index in [2.05, 4.69) is 16.9 Å². The minimum absolute atomic E-state index is 0.118. The molecule has 0 bridgehead atoms. The van der Waals surface area contributed by atoms with Gasteiger partial charge in [0.25, 0.3) is 0 Å². The molecule has 1 aliphatic rings. The molecule has 0 amide bonds. The summed E-state index contributed by atoms with van der Waals surface area (Å²) in [5, 5.41) is 24.1. The quantitative estimate of drug-likeness (QED) is 0.0677. The Morgan fingerprint density at radius 1 is 0.867 bits per heavy atom. The number of hydrogen-bond donors (Lipinski definition) is 3. The third-order valence-electron chi connectivity index (χ3n) is 8.53. The minimum Gasteiger partial charge on any atom is -0.387 e. The highest BCUT2D eigenvalue weighted by Crippen LogP contribution is 2.45. The van der Waals surface area contributed by atoms with E-state index in [0.29, 0.717) is 12.1 Å². The summed E-state index contributed by atoms with van der Waals surface area (Å²) in [6.45, 7) is 1.97. The van der Waals surface area contributed by atoms with Crippen molar-refractivity contribution in [3.05, 3.63) is 36.1 Å². The van der Waals surface area contributed by atoms with Crippen molar-refractivity contribution < 1.29 is 33.5 Å². The molecule has 5 atom stereocenters. The van der Waals surface area contributed by atoms with Gasteiger partial charge in [0.1, 0.15) is 30.3 Å². The maximum absolute atomic E-state index is 12.4. The number of nitrogens with zero attached hydrogens (tertiary/aromatic N) is 3. The number of aliphatic hydroxyl groups excluding tert-OH is 2. The molecule has 0 radical (unpaired) electrons. The molecule has 1 unspecified atom stereocenters. The normalized spacial score (nSPS) is 21.5. The lowest BCUT2D eigenvalue weighted by atomic mass is 10.0. The molecule has 45 heavy (non-hydrogen) atoms. The fraction of sp³-hybridized carbons (Fsp3) is 0.697. The molecule has 3 aromatic heterocycles. The Morgan fingerprint density at radius 3 is 2.09 bits per heavy atom. The van der Waals surface area contributed by atoms with Crippen LogP contribution in [0.3, 0.4) is 0 Å². The second-order valence-electron chi connectivity index (χ2n) is 12.1. The summed E-state index contributed by atoms with van der Waals surface area (Å²) in [6.07, 6.45) is 18.6. The van der Waals surface area contributed by atoms with Gasteiger partial charge in [-0.2, -0.15) is 0 Å². The molecule has 0 aliphatic carbocycles. The molecule has 0 spiro atoms. The van der Waals surface area contributed by atoms with E-state index in [0.717, 1.165) is 28.8 Å². The minimum atomic E-state index is -4.33. The molecule has 3 aromatic rings. The Hall–Kier alpha value is -1.69. The predicted molar refractivity (Wildman–Crippen MR) is 178 cm³/mol. The molecule has 1 saturated heterocycles. The van der Waals surface area contributed by atoms with Gasteiger partial charge in [0.2, 0.25) is 0 Å². The highest BCUT2D eigenvalue weighted by Gasteiger charge is 2.45. The first-order valence-electron chi connectivity index (χ1n) is 16.9. The molecule has 0 saturated carbocycles. The number of ether oxygens (including phenoxy) is 1. The van der Waals surface area contributed by atoms with E-state index in [1.807, 2.05) is 23.6 Å². The third-order valence-corrected chi connectivity index (χ3v) is 10.4. The average molecular weight is 666 g/mol. The van der Waals surface area contributed by atoms with Crippen LogP contribution < -0.4 is 0 Å². The topological polar surface area (TPSA) is 136 Å². The first-order chi connectivity index (χ1) is 21.9. The van der Waals surface area contributed by atoms with Crippen LogP contribution in [0.4, 0.5) is 0 Å². The zero-order valence-corrected chi connectivity index (χ0v) is 28.4. The van der Waals surface area contributed by atoms with Crippen LogP contribution in [0, 0.1) is 0 Å². The van der Waals surface area contributed by atoms with Crippen molar-refractivity contribution in [2.24, 2.45) is 0 Å². The number of unbranched alkanes of at least 4 members (excludes halogenated alkanes) is 15. The van der Waals surface area contributed by atoms with E-state index in [-0.39, 0.29) is 6.61 Å². The predicted octanol–water partition coefficient (Wildman–Crippen LogP) is 8.17. The summed E-state index contributed by atoms with van der Waals surface area (Å²) < 4.78 is 30.3. The smallest absolute Gasteiger partial charge is 0.387 e. The molecular formula is C33H52N3O7PS. The van der Waals surface area contributed by atoms with Gasteiger partial charge in [-0.1, -0.05) is 109 Å². The van der Waals surface area contributed by atoms with Gasteiger partial charge < -0.3 is 24.4 Å². The van der Waals surface area contributed by atoms with Gasteiger partial charge in [0.05, 0.1) is 23.8 Å². The van der Waals surface area contributed by atoms with Crippen molar-refractivity contribution in [3.63, 3.8) is 0 Å². The van der Waals surface area contributed by atoms with Crippen LogP contribution >= 0.6 is 19.2 Å². The van der Waals surface area contributed by atoms with Crippen LogP contribution in [0.25, 0.3) is 21.6 Å². The Bertz CT molecular complexity index is 1290. The Morgan fingerprint density at radius 2 is 1.49 bits per heavy atom. The monoisotopic (exact) mass is 665 g/mol. The number of rotatable bonds is 23. The fourth-order valence-corrected chi connectivity index (χ4v) is 7.42. The number of aromatic nitrogens is 3. The number of aliphatic hydroxyl groups is 2. The van der Waals surface area contributed by atoms with E-state index in [1.165, 1.54) is 89.8 Å². The first kappa shape index (κ1) is 36.2. The molecular weight excluding hydrogens is 613 g/mol.